The fourth-order valence-corrected chi connectivity index (χ4v) is 2.40. The van der Waals surface area contributed by atoms with Gasteiger partial charge in [-0.25, -0.2) is 0 Å². The summed E-state index contributed by atoms with van der Waals surface area (Å²) in [7, 11) is 0. The van der Waals surface area contributed by atoms with Gasteiger partial charge in [0, 0.05) is 6.04 Å². The van der Waals surface area contributed by atoms with Gasteiger partial charge in [-0.3, -0.25) is 4.79 Å². The Morgan fingerprint density at radius 2 is 2.20 bits per heavy atom. The molecule has 1 aliphatic rings. The highest BCUT2D eigenvalue weighted by Crippen LogP contribution is 2.26. The van der Waals surface area contributed by atoms with E-state index in [-0.39, 0.29) is 10.7 Å². The summed E-state index contributed by atoms with van der Waals surface area (Å²) in [6.45, 7) is 4.27. The van der Waals surface area contributed by atoms with Crippen molar-refractivity contribution < 1.29 is 4.79 Å². The number of rotatable bonds is 4. The lowest BCUT2D eigenvalue weighted by Gasteiger charge is -2.29. The Labute approximate surface area is 101 Å². The molecule has 3 heteroatoms. The van der Waals surface area contributed by atoms with Crippen LogP contribution in [0.2, 0.25) is 0 Å². The SMILES string of the molecule is CCC1CCCC(NC(=O)C(Br)CC)C1. The van der Waals surface area contributed by atoms with Gasteiger partial charge in [-0.05, 0) is 25.2 Å². The molecule has 0 spiro atoms. The van der Waals surface area contributed by atoms with Gasteiger partial charge < -0.3 is 5.32 Å². The van der Waals surface area contributed by atoms with Gasteiger partial charge in [-0.15, -0.1) is 0 Å². The van der Waals surface area contributed by atoms with E-state index in [1.54, 1.807) is 0 Å². The molecule has 0 heterocycles. The van der Waals surface area contributed by atoms with Gasteiger partial charge in [0.2, 0.25) is 5.91 Å². The first-order valence-electron chi connectivity index (χ1n) is 6.11. The Balaban J connectivity index is 2.34. The molecule has 0 radical (unpaired) electrons. The second-order valence-corrected chi connectivity index (χ2v) is 5.63. The molecule has 1 aliphatic carbocycles. The minimum atomic E-state index is -0.0143. The summed E-state index contributed by atoms with van der Waals surface area (Å²) >= 11 is 3.39. The van der Waals surface area contributed by atoms with Crippen LogP contribution in [0.25, 0.3) is 0 Å². The molecular formula is C12H22BrNO. The molecule has 88 valence electrons. The van der Waals surface area contributed by atoms with Gasteiger partial charge in [0.05, 0.1) is 4.83 Å². The topological polar surface area (TPSA) is 29.1 Å². The van der Waals surface area contributed by atoms with Crippen LogP contribution < -0.4 is 5.32 Å². The molecule has 0 aromatic rings. The number of hydrogen-bond acceptors (Lipinski definition) is 1. The van der Waals surface area contributed by atoms with Gasteiger partial charge in [0.25, 0.3) is 0 Å². The standard InChI is InChI=1S/C12H22BrNO/c1-3-9-6-5-7-10(8-9)14-12(15)11(13)4-2/h9-11H,3-8H2,1-2H3,(H,14,15). The van der Waals surface area contributed by atoms with Gasteiger partial charge in [-0.1, -0.05) is 49.0 Å². The molecule has 2 nitrogen and oxygen atoms in total. The molecular weight excluding hydrogens is 254 g/mol. The zero-order valence-corrected chi connectivity index (χ0v) is 11.3. The number of nitrogens with one attached hydrogen (secondary N) is 1. The molecule has 15 heavy (non-hydrogen) atoms. The summed E-state index contributed by atoms with van der Waals surface area (Å²) in [5.41, 5.74) is 0. The van der Waals surface area contributed by atoms with E-state index in [0.717, 1.165) is 18.8 Å². The van der Waals surface area contributed by atoms with Crippen molar-refractivity contribution in [3.05, 3.63) is 0 Å². The van der Waals surface area contributed by atoms with E-state index in [0.29, 0.717) is 6.04 Å². The lowest BCUT2D eigenvalue weighted by atomic mass is 9.84. The van der Waals surface area contributed by atoms with Crippen molar-refractivity contribution in [3.8, 4) is 0 Å². The zero-order valence-electron chi connectivity index (χ0n) is 9.76. The number of halogens is 1. The maximum absolute atomic E-state index is 11.7. The fraction of sp³-hybridized carbons (Fsp3) is 0.917. The molecule has 0 saturated heterocycles. The Morgan fingerprint density at radius 1 is 1.47 bits per heavy atom. The van der Waals surface area contributed by atoms with Crippen molar-refractivity contribution in [2.45, 2.75) is 63.2 Å². The molecule has 1 saturated carbocycles. The van der Waals surface area contributed by atoms with Gasteiger partial charge in [0.15, 0.2) is 0 Å². The van der Waals surface area contributed by atoms with Crippen molar-refractivity contribution in [1.82, 2.24) is 5.32 Å². The van der Waals surface area contributed by atoms with Crippen LogP contribution in [0.15, 0.2) is 0 Å². The van der Waals surface area contributed by atoms with Crippen LogP contribution in [-0.4, -0.2) is 16.8 Å². The maximum atomic E-state index is 11.7. The minimum Gasteiger partial charge on any atom is -0.352 e. The van der Waals surface area contributed by atoms with E-state index in [1.165, 1.54) is 25.7 Å². The summed E-state index contributed by atoms with van der Waals surface area (Å²) < 4.78 is 0. The van der Waals surface area contributed by atoms with Crippen molar-refractivity contribution >= 4 is 21.8 Å². The number of amides is 1. The van der Waals surface area contributed by atoms with Gasteiger partial charge >= 0.3 is 0 Å². The summed E-state index contributed by atoms with van der Waals surface area (Å²) in [6, 6.07) is 0.419. The third kappa shape index (κ3) is 4.13. The highest BCUT2D eigenvalue weighted by molar-refractivity contribution is 9.10. The second-order valence-electron chi connectivity index (χ2n) is 4.52. The Bertz CT molecular complexity index is 208. The maximum Gasteiger partial charge on any atom is 0.233 e. The number of hydrogen-bond donors (Lipinski definition) is 1. The van der Waals surface area contributed by atoms with E-state index in [4.69, 9.17) is 0 Å². The van der Waals surface area contributed by atoms with Crippen molar-refractivity contribution in [3.63, 3.8) is 0 Å². The predicted molar refractivity (Wildman–Crippen MR) is 67.2 cm³/mol. The number of carbonyl (C=O) groups excluding carboxylic acids is 1. The summed E-state index contributed by atoms with van der Waals surface area (Å²) in [6.07, 6.45) is 7.04. The van der Waals surface area contributed by atoms with Crippen LogP contribution in [-0.2, 0) is 4.79 Å². The quantitative estimate of drug-likeness (QED) is 0.785. The van der Waals surface area contributed by atoms with Crippen LogP contribution in [0.1, 0.15) is 52.4 Å². The van der Waals surface area contributed by atoms with Crippen molar-refractivity contribution in [2.24, 2.45) is 5.92 Å². The number of carbonyl (C=O) groups is 1. The number of alkyl halides is 1. The monoisotopic (exact) mass is 275 g/mol. The van der Waals surface area contributed by atoms with E-state index < -0.39 is 0 Å². The third-order valence-electron chi connectivity index (χ3n) is 3.35. The Hall–Kier alpha value is -0.0500. The van der Waals surface area contributed by atoms with E-state index >= 15 is 0 Å². The zero-order chi connectivity index (χ0) is 11.3. The average molecular weight is 276 g/mol. The molecule has 0 bridgehead atoms. The fourth-order valence-electron chi connectivity index (χ4n) is 2.27. The molecule has 1 fully saturated rings. The van der Waals surface area contributed by atoms with Crippen LogP contribution in [0.3, 0.4) is 0 Å². The third-order valence-corrected chi connectivity index (χ3v) is 4.41. The Morgan fingerprint density at radius 3 is 2.80 bits per heavy atom. The van der Waals surface area contributed by atoms with Crippen LogP contribution in [0, 0.1) is 5.92 Å². The lowest BCUT2D eigenvalue weighted by molar-refractivity contribution is -0.121. The molecule has 0 aromatic carbocycles. The first-order chi connectivity index (χ1) is 7.17. The van der Waals surface area contributed by atoms with Crippen LogP contribution in [0.4, 0.5) is 0 Å². The minimum absolute atomic E-state index is 0.0143. The normalized spacial score (nSPS) is 28.5. The Kier molecular flexibility index (Phi) is 5.65. The summed E-state index contributed by atoms with van der Waals surface area (Å²) in [4.78, 5) is 11.7. The molecule has 0 aliphatic heterocycles. The van der Waals surface area contributed by atoms with Crippen molar-refractivity contribution in [1.29, 1.82) is 0 Å². The first-order valence-corrected chi connectivity index (χ1v) is 7.03. The van der Waals surface area contributed by atoms with E-state index in [9.17, 15) is 4.79 Å². The predicted octanol–water partition coefficient (Wildman–Crippen LogP) is 3.24. The van der Waals surface area contributed by atoms with Gasteiger partial charge in [-0.2, -0.15) is 0 Å². The average Bonchev–Trinajstić information content (AvgIpc) is 2.28. The first kappa shape index (κ1) is 13.0. The van der Waals surface area contributed by atoms with Gasteiger partial charge in [0.1, 0.15) is 0 Å². The largest absolute Gasteiger partial charge is 0.352 e. The van der Waals surface area contributed by atoms with Crippen molar-refractivity contribution in [2.75, 3.05) is 0 Å². The lowest BCUT2D eigenvalue weighted by Crippen LogP contribution is -2.41. The summed E-state index contributed by atoms with van der Waals surface area (Å²) in [5.74, 6) is 0.985. The smallest absolute Gasteiger partial charge is 0.233 e. The molecule has 3 atom stereocenters. The van der Waals surface area contributed by atoms with Crippen LogP contribution in [0.5, 0.6) is 0 Å². The van der Waals surface area contributed by atoms with E-state index in [1.807, 2.05) is 6.92 Å². The molecule has 0 aromatic heterocycles. The summed E-state index contributed by atoms with van der Waals surface area (Å²) in [5, 5.41) is 3.15. The molecule has 1 amide bonds. The molecule has 1 N–H and O–H groups in total. The molecule has 1 rings (SSSR count). The highest BCUT2D eigenvalue weighted by atomic mass is 79.9. The van der Waals surface area contributed by atoms with Crippen LogP contribution >= 0.6 is 15.9 Å². The molecule has 3 unspecified atom stereocenters. The second kappa shape index (κ2) is 6.51. The highest BCUT2D eigenvalue weighted by Gasteiger charge is 2.23. The van der Waals surface area contributed by atoms with E-state index in [2.05, 4.69) is 28.2 Å².